The van der Waals surface area contributed by atoms with Crippen molar-refractivity contribution < 1.29 is 24.0 Å². The van der Waals surface area contributed by atoms with Gasteiger partial charge in [0, 0.05) is 38.6 Å². The van der Waals surface area contributed by atoms with Gasteiger partial charge in [-0.25, -0.2) is 0 Å². The van der Waals surface area contributed by atoms with Crippen LogP contribution in [0.3, 0.4) is 0 Å². The molecule has 0 rings (SSSR count). The fourth-order valence-electron chi connectivity index (χ4n) is 4.34. The smallest absolute Gasteiger partial charge is 0.222 e. The van der Waals surface area contributed by atoms with Gasteiger partial charge in [-0.1, -0.05) is 48.5 Å². The number of rotatable bonds is 25. The van der Waals surface area contributed by atoms with Crippen molar-refractivity contribution in [3.05, 3.63) is 0 Å². The average molecular weight is 553 g/mol. The van der Waals surface area contributed by atoms with Gasteiger partial charge in [0.2, 0.25) is 5.91 Å². The van der Waals surface area contributed by atoms with Gasteiger partial charge in [-0.3, -0.25) is 24.0 Å². The van der Waals surface area contributed by atoms with E-state index in [1.807, 2.05) is 27.7 Å². The van der Waals surface area contributed by atoms with Crippen LogP contribution in [0.2, 0.25) is 0 Å². The third-order valence-corrected chi connectivity index (χ3v) is 6.34. The first-order valence-corrected chi connectivity index (χ1v) is 14.8. The summed E-state index contributed by atoms with van der Waals surface area (Å²) in [7, 11) is 0. The van der Waals surface area contributed by atoms with E-state index in [-0.39, 0.29) is 66.4 Å². The number of hydrogen-bond acceptors (Lipinski definition) is 8. The van der Waals surface area contributed by atoms with Crippen LogP contribution >= 0.6 is 0 Å². The first kappa shape index (κ1) is 37.0. The van der Waals surface area contributed by atoms with E-state index in [0.717, 1.165) is 13.0 Å². The lowest BCUT2D eigenvalue weighted by atomic mass is 10.0. The van der Waals surface area contributed by atoms with E-state index in [1.54, 1.807) is 11.8 Å². The van der Waals surface area contributed by atoms with Gasteiger partial charge in [0.25, 0.3) is 0 Å². The largest absolute Gasteiger partial charge is 0.335 e. The molecule has 0 aromatic heterocycles. The summed E-state index contributed by atoms with van der Waals surface area (Å²) < 4.78 is 0. The third-order valence-electron chi connectivity index (χ3n) is 6.34. The Balaban J connectivity index is 4.19. The number of Topliss-reactive ketones (excluding diaryl/α,β-unsaturated/α-hetero) is 4. The molecule has 0 saturated heterocycles. The lowest BCUT2D eigenvalue weighted by Gasteiger charge is -2.25. The summed E-state index contributed by atoms with van der Waals surface area (Å²) >= 11 is 0. The van der Waals surface area contributed by atoms with Gasteiger partial charge >= 0.3 is 0 Å². The first-order chi connectivity index (χ1) is 18.4. The lowest BCUT2D eigenvalue weighted by Crippen LogP contribution is -2.39. The van der Waals surface area contributed by atoms with Crippen LogP contribution in [0.5, 0.6) is 0 Å². The molecule has 0 aliphatic heterocycles. The maximum absolute atomic E-state index is 12.4. The van der Waals surface area contributed by atoms with Gasteiger partial charge in [0.15, 0.2) is 5.78 Å². The highest BCUT2D eigenvalue weighted by molar-refractivity contribution is 5.86. The fourth-order valence-corrected chi connectivity index (χ4v) is 4.34. The molecule has 0 aromatic rings. The number of nitrogens with zero attached hydrogens (tertiary/aromatic N) is 1. The van der Waals surface area contributed by atoms with Gasteiger partial charge in [0.1, 0.15) is 17.3 Å². The van der Waals surface area contributed by atoms with E-state index in [4.69, 9.17) is 0 Å². The lowest BCUT2D eigenvalue weighted by molar-refractivity contribution is -0.136. The normalized spacial score (nSPS) is 13.6. The van der Waals surface area contributed by atoms with E-state index in [2.05, 4.69) is 29.8 Å². The minimum absolute atomic E-state index is 0.0214. The Labute approximate surface area is 237 Å². The van der Waals surface area contributed by atoms with E-state index in [1.165, 1.54) is 0 Å². The maximum Gasteiger partial charge on any atom is 0.222 e. The van der Waals surface area contributed by atoms with Crippen LogP contribution in [0.15, 0.2) is 0 Å². The van der Waals surface area contributed by atoms with Crippen molar-refractivity contribution >= 4 is 29.0 Å². The van der Waals surface area contributed by atoms with Crippen LogP contribution in [0.1, 0.15) is 87.0 Å². The topological polar surface area (TPSA) is 125 Å². The zero-order valence-electron chi connectivity index (χ0n) is 25.7. The summed E-state index contributed by atoms with van der Waals surface area (Å²) in [6.07, 6.45) is 2.75. The van der Waals surface area contributed by atoms with Gasteiger partial charge in [0.05, 0.1) is 26.2 Å². The minimum atomic E-state index is -0.0398. The van der Waals surface area contributed by atoms with Crippen molar-refractivity contribution in [3.63, 3.8) is 0 Å². The summed E-state index contributed by atoms with van der Waals surface area (Å²) in [5.41, 5.74) is 0. The van der Waals surface area contributed by atoms with E-state index in [0.29, 0.717) is 64.2 Å². The number of carbonyl (C=O) groups is 5. The Hall–Kier alpha value is -1.97. The number of amides is 1. The van der Waals surface area contributed by atoms with E-state index < -0.39 is 0 Å². The molecule has 39 heavy (non-hydrogen) atoms. The van der Waals surface area contributed by atoms with Gasteiger partial charge in [-0.15, -0.1) is 0 Å². The van der Waals surface area contributed by atoms with Gasteiger partial charge in [-0.2, -0.15) is 0 Å². The molecule has 0 spiro atoms. The maximum atomic E-state index is 12.4. The minimum Gasteiger partial charge on any atom is -0.335 e. The van der Waals surface area contributed by atoms with Crippen LogP contribution in [0.4, 0.5) is 0 Å². The second kappa shape index (κ2) is 21.8. The molecule has 9 heteroatoms. The van der Waals surface area contributed by atoms with Gasteiger partial charge in [-0.05, 0) is 49.7 Å². The molecular formula is C30H56N4O5. The molecule has 0 aliphatic rings. The molecule has 0 unspecified atom stereocenters. The summed E-state index contributed by atoms with van der Waals surface area (Å²) in [4.78, 5) is 62.6. The molecule has 0 heterocycles. The average Bonchev–Trinajstić information content (AvgIpc) is 2.83. The Bertz CT molecular complexity index is 756. The first-order valence-electron chi connectivity index (χ1n) is 14.8. The Morgan fingerprint density at radius 2 is 1.05 bits per heavy atom. The Morgan fingerprint density at radius 1 is 0.615 bits per heavy atom. The quantitative estimate of drug-likeness (QED) is 0.158. The summed E-state index contributed by atoms with van der Waals surface area (Å²) in [6, 6.07) is 0. The zero-order chi connectivity index (χ0) is 29.8. The Morgan fingerprint density at radius 3 is 1.46 bits per heavy atom. The number of ketones is 4. The van der Waals surface area contributed by atoms with E-state index in [9.17, 15) is 24.0 Å². The second-order valence-electron chi connectivity index (χ2n) is 11.7. The third kappa shape index (κ3) is 20.6. The Kier molecular flexibility index (Phi) is 20.7. The highest BCUT2D eigenvalue weighted by atomic mass is 16.2. The molecule has 0 saturated carbocycles. The molecule has 9 nitrogen and oxygen atoms in total. The highest BCUT2D eigenvalue weighted by Gasteiger charge is 2.20. The number of carbonyl (C=O) groups excluding carboxylic acids is 5. The number of hydrogen-bond donors (Lipinski definition) is 3. The molecule has 0 aliphatic carbocycles. The van der Waals surface area contributed by atoms with Crippen molar-refractivity contribution in [2.24, 2.45) is 23.7 Å². The molecule has 0 radical (unpaired) electrons. The molecule has 0 bridgehead atoms. The highest BCUT2D eigenvalue weighted by Crippen LogP contribution is 2.09. The standard InChI is InChI=1S/C30H56N4O5/c1-8-10-30(39)34(21-26(35)9-2)20-25(7)13-29(38)19-33-16-24(6)12-28(37)18-32-15-23(5)11-27(36)17-31-14-22(3)4/h22-25,31-33H,8-21H2,1-7H3/t23-,24-,25-/m1/s1. The van der Waals surface area contributed by atoms with Crippen LogP contribution < -0.4 is 16.0 Å². The monoisotopic (exact) mass is 552 g/mol. The van der Waals surface area contributed by atoms with Crippen molar-refractivity contribution in [3.8, 4) is 0 Å². The fraction of sp³-hybridized carbons (Fsp3) is 0.833. The van der Waals surface area contributed by atoms with Crippen LogP contribution in [-0.4, -0.2) is 86.3 Å². The van der Waals surface area contributed by atoms with Crippen molar-refractivity contribution in [1.29, 1.82) is 0 Å². The SMILES string of the molecule is CCCC(=O)N(CC(=O)CC)C[C@H](C)CC(=O)CNC[C@H](C)CC(=O)CNC[C@H](C)CC(=O)CNCC(C)C. The molecule has 3 N–H and O–H groups in total. The number of nitrogens with one attached hydrogen (secondary N) is 3. The van der Waals surface area contributed by atoms with Crippen LogP contribution in [-0.2, 0) is 24.0 Å². The predicted octanol–water partition coefficient (Wildman–Crippen LogP) is 2.80. The summed E-state index contributed by atoms with van der Waals surface area (Å²) in [6.45, 7) is 17.2. The van der Waals surface area contributed by atoms with E-state index >= 15 is 0 Å². The molecule has 226 valence electrons. The predicted molar refractivity (Wildman–Crippen MR) is 157 cm³/mol. The summed E-state index contributed by atoms with van der Waals surface area (Å²) in [5.74, 6) is 1.07. The van der Waals surface area contributed by atoms with Crippen molar-refractivity contribution in [1.82, 2.24) is 20.9 Å². The van der Waals surface area contributed by atoms with Crippen LogP contribution in [0, 0.1) is 23.7 Å². The molecule has 1 amide bonds. The zero-order valence-corrected chi connectivity index (χ0v) is 25.7. The second-order valence-corrected chi connectivity index (χ2v) is 11.7. The summed E-state index contributed by atoms with van der Waals surface area (Å²) in [5, 5.41) is 9.49. The van der Waals surface area contributed by atoms with Crippen molar-refractivity contribution in [2.75, 3.05) is 52.4 Å². The molecular weight excluding hydrogens is 496 g/mol. The van der Waals surface area contributed by atoms with Gasteiger partial charge < -0.3 is 20.9 Å². The molecule has 0 fully saturated rings. The van der Waals surface area contributed by atoms with Crippen LogP contribution in [0.25, 0.3) is 0 Å². The van der Waals surface area contributed by atoms with Crippen molar-refractivity contribution in [2.45, 2.75) is 87.0 Å². The molecule has 0 aromatic carbocycles. The molecule has 3 atom stereocenters.